The molecule has 1 aliphatic rings. The van der Waals surface area contributed by atoms with Gasteiger partial charge in [-0.25, -0.2) is 4.79 Å². The Morgan fingerprint density at radius 3 is 2.00 bits per heavy atom. The standard InChI is InChI=1S/C6H8N2O3S/c1-2(12)3-4(9)7-6(11)8-5(3)10/h2-3,12H,1H3,(H2,7,8,9,10,11)/t2-/m1/s1. The SMILES string of the molecule is C[C@@H](S)C1C(=O)NC(=O)NC1=O. The van der Waals surface area contributed by atoms with Gasteiger partial charge in [0, 0.05) is 5.25 Å². The lowest BCUT2D eigenvalue weighted by Gasteiger charge is -2.22. The van der Waals surface area contributed by atoms with E-state index in [4.69, 9.17) is 0 Å². The van der Waals surface area contributed by atoms with E-state index in [2.05, 4.69) is 12.6 Å². The van der Waals surface area contributed by atoms with Gasteiger partial charge in [-0.1, -0.05) is 6.92 Å². The highest BCUT2D eigenvalue weighted by atomic mass is 32.1. The van der Waals surface area contributed by atoms with Gasteiger partial charge in [0.25, 0.3) is 0 Å². The van der Waals surface area contributed by atoms with E-state index in [0.717, 1.165) is 0 Å². The quantitative estimate of drug-likeness (QED) is 0.376. The third-order valence-electron chi connectivity index (χ3n) is 1.52. The molecule has 12 heavy (non-hydrogen) atoms. The van der Waals surface area contributed by atoms with Crippen LogP contribution in [0, 0.1) is 5.92 Å². The first kappa shape index (κ1) is 9.05. The summed E-state index contributed by atoms with van der Waals surface area (Å²) in [5.41, 5.74) is 0. The molecule has 0 aromatic rings. The van der Waals surface area contributed by atoms with Crippen LogP contribution in [0.1, 0.15) is 6.92 Å². The topological polar surface area (TPSA) is 75.3 Å². The first-order chi connectivity index (χ1) is 5.52. The van der Waals surface area contributed by atoms with Crippen LogP contribution in [0.5, 0.6) is 0 Å². The van der Waals surface area contributed by atoms with Crippen molar-refractivity contribution >= 4 is 30.5 Å². The Labute approximate surface area is 74.3 Å². The number of hydrogen-bond acceptors (Lipinski definition) is 4. The maximum Gasteiger partial charge on any atom is 0.328 e. The second-order valence-corrected chi connectivity index (χ2v) is 3.34. The van der Waals surface area contributed by atoms with Crippen LogP contribution in [0.4, 0.5) is 4.79 Å². The first-order valence-corrected chi connectivity index (χ1v) is 3.88. The number of thiol groups is 1. The molecular weight excluding hydrogens is 180 g/mol. The van der Waals surface area contributed by atoms with Crippen LogP contribution >= 0.6 is 12.6 Å². The lowest BCUT2D eigenvalue weighted by Crippen LogP contribution is -2.57. The third-order valence-corrected chi connectivity index (χ3v) is 1.82. The van der Waals surface area contributed by atoms with Crippen molar-refractivity contribution < 1.29 is 14.4 Å². The summed E-state index contributed by atoms with van der Waals surface area (Å²) in [6, 6.07) is -0.768. The van der Waals surface area contributed by atoms with Crippen molar-refractivity contribution in [2.75, 3.05) is 0 Å². The van der Waals surface area contributed by atoms with Crippen LogP contribution in [0.2, 0.25) is 0 Å². The number of rotatable bonds is 1. The van der Waals surface area contributed by atoms with Crippen molar-refractivity contribution in [3.05, 3.63) is 0 Å². The molecule has 0 radical (unpaired) electrons. The highest BCUT2D eigenvalue weighted by molar-refractivity contribution is 7.81. The molecule has 2 N–H and O–H groups in total. The highest BCUT2D eigenvalue weighted by Crippen LogP contribution is 2.12. The van der Waals surface area contributed by atoms with E-state index < -0.39 is 29.0 Å². The molecule has 1 rings (SSSR count). The zero-order valence-corrected chi connectivity index (χ0v) is 7.22. The van der Waals surface area contributed by atoms with Gasteiger partial charge in [-0.15, -0.1) is 0 Å². The average Bonchev–Trinajstić information content (AvgIpc) is 1.82. The average molecular weight is 188 g/mol. The van der Waals surface area contributed by atoms with Crippen LogP contribution in [-0.4, -0.2) is 23.1 Å². The van der Waals surface area contributed by atoms with E-state index >= 15 is 0 Å². The summed E-state index contributed by atoms with van der Waals surface area (Å²) in [7, 11) is 0. The van der Waals surface area contributed by atoms with Crippen LogP contribution in [0.3, 0.4) is 0 Å². The Hall–Kier alpha value is -1.04. The largest absolute Gasteiger partial charge is 0.328 e. The van der Waals surface area contributed by atoms with Gasteiger partial charge in [0.1, 0.15) is 5.92 Å². The number of carbonyl (C=O) groups is 3. The zero-order chi connectivity index (χ0) is 9.30. The maximum absolute atomic E-state index is 11.0. The minimum Gasteiger partial charge on any atom is -0.277 e. The molecule has 66 valence electrons. The molecule has 1 fully saturated rings. The number of nitrogens with one attached hydrogen (secondary N) is 2. The van der Waals surface area contributed by atoms with Gasteiger partial charge in [0.05, 0.1) is 0 Å². The van der Waals surface area contributed by atoms with E-state index in [1.54, 1.807) is 6.92 Å². The van der Waals surface area contributed by atoms with Gasteiger partial charge in [0.15, 0.2) is 0 Å². The molecule has 0 aromatic carbocycles. The molecule has 0 aromatic heterocycles. The Morgan fingerprint density at radius 2 is 1.67 bits per heavy atom. The lowest BCUT2D eigenvalue weighted by molar-refractivity contribution is -0.135. The summed E-state index contributed by atoms with van der Waals surface area (Å²) in [6.07, 6.45) is 0. The lowest BCUT2D eigenvalue weighted by atomic mass is 10.0. The van der Waals surface area contributed by atoms with Crippen LogP contribution in [-0.2, 0) is 9.59 Å². The number of barbiturate groups is 1. The van der Waals surface area contributed by atoms with Crippen molar-refractivity contribution in [1.29, 1.82) is 0 Å². The minimum absolute atomic E-state index is 0.405. The molecule has 0 bridgehead atoms. The maximum atomic E-state index is 11.0. The second kappa shape index (κ2) is 3.14. The number of amides is 4. The Morgan fingerprint density at radius 1 is 1.25 bits per heavy atom. The predicted octanol–water partition coefficient (Wildman–Crippen LogP) is -0.713. The number of hydrogen-bond donors (Lipinski definition) is 3. The fourth-order valence-corrected chi connectivity index (χ4v) is 1.24. The van der Waals surface area contributed by atoms with Crippen LogP contribution in [0.25, 0.3) is 0 Å². The van der Waals surface area contributed by atoms with Crippen molar-refractivity contribution in [2.24, 2.45) is 5.92 Å². The van der Waals surface area contributed by atoms with Crippen molar-refractivity contribution in [2.45, 2.75) is 12.2 Å². The fourth-order valence-electron chi connectivity index (χ4n) is 0.968. The molecule has 1 heterocycles. The summed E-state index contributed by atoms with van der Waals surface area (Å²) in [5, 5.41) is 3.56. The first-order valence-electron chi connectivity index (χ1n) is 3.36. The van der Waals surface area contributed by atoms with Crippen molar-refractivity contribution in [1.82, 2.24) is 10.6 Å². The molecule has 0 saturated carbocycles. The van der Waals surface area contributed by atoms with Gasteiger partial charge >= 0.3 is 6.03 Å². The summed E-state index contributed by atoms with van der Waals surface area (Å²) < 4.78 is 0. The van der Waals surface area contributed by atoms with Gasteiger partial charge in [-0.05, 0) is 0 Å². The van der Waals surface area contributed by atoms with Crippen molar-refractivity contribution in [3.8, 4) is 0 Å². The number of carbonyl (C=O) groups excluding carboxylic acids is 3. The Kier molecular flexibility index (Phi) is 2.37. The monoisotopic (exact) mass is 188 g/mol. The molecule has 0 unspecified atom stereocenters. The van der Waals surface area contributed by atoms with E-state index in [0.29, 0.717) is 0 Å². The minimum atomic E-state index is -0.883. The summed E-state index contributed by atoms with van der Waals surface area (Å²) in [4.78, 5) is 32.6. The smallest absolute Gasteiger partial charge is 0.277 e. The van der Waals surface area contributed by atoms with Crippen molar-refractivity contribution in [3.63, 3.8) is 0 Å². The molecule has 4 amide bonds. The Balaban J connectivity index is 2.81. The molecule has 5 nitrogen and oxygen atoms in total. The predicted molar refractivity (Wildman–Crippen MR) is 43.6 cm³/mol. The zero-order valence-electron chi connectivity index (χ0n) is 6.33. The Bertz CT molecular complexity index is 231. The van der Waals surface area contributed by atoms with E-state index in [1.807, 2.05) is 10.6 Å². The second-order valence-electron chi connectivity index (χ2n) is 2.53. The molecule has 0 aliphatic carbocycles. The molecule has 1 aliphatic heterocycles. The van der Waals surface area contributed by atoms with Gasteiger partial charge in [-0.2, -0.15) is 12.6 Å². The molecule has 1 atom stereocenters. The van der Waals surface area contributed by atoms with E-state index in [-0.39, 0.29) is 0 Å². The fraction of sp³-hybridized carbons (Fsp3) is 0.500. The van der Waals surface area contributed by atoms with Gasteiger partial charge < -0.3 is 0 Å². The van der Waals surface area contributed by atoms with Crippen LogP contribution in [0.15, 0.2) is 0 Å². The molecule has 6 heteroatoms. The van der Waals surface area contributed by atoms with E-state index in [1.165, 1.54) is 0 Å². The number of urea groups is 1. The van der Waals surface area contributed by atoms with Gasteiger partial charge in [0.2, 0.25) is 11.8 Å². The summed E-state index contributed by atoms with van der Waals surface area (Å²) >= 11 is 3.96. The molecule has 1 saturated heterocycles. The molecular formula is C6H8N2O3S. The number of imide groups is 2. The normalized spacial score (nSPS) is 21.7. The summed E-state index contributed by atoms with van der Waals surface area (Å²) in [6.45, 7) is 1.61. The third kappa shape index (κ3) is 1.58. The van der Waals surface area contributed by atoms with Crippen LogP contribution < -0.4 is 10.6 Å². The van der Waals surface area contributed by atoms with E-state index in [9.17, 15) is 14.4 Å². The highest BCUT2D eigenvalue weighted by Gasteiger charge is 2.36. The van der Waals surface area contributed by atoms with Gasteiger partial charge in [-0.3, -0.25) is 20.2 Å². The summed E-state index contributed by atoms with van der Waals surface area (Å²) in [5.74, 6) is -2.07. The molecule has 0 spiro atoms.